The molecule has 0 fully saturated rings. The summed E-state index contributed by atoms with van der Waals surface area (Å²) in [5.74, 6) is -0.715. The van der Waals surface area contributed by atoms with Crippen molar-refractivity contribution in [1.82, 2.24) is 9.78 Å². The van der Waals surface area contributed by atoms with Crippen LogP contribution in [0.3, 0.4) is 0 Å². The first-order valence-electron chi connectivity index (χ1n) is 7.21. The lowest BCUT2D eigenvalue weighted by Gasteiger charge is -2.04. The molecule has 3 rings (SSSR count). The summed E-state index contributed by atoms with van der Waals surface area (Å²) in [6, 6.07) is 16.1. The van der Waals surface area contributed by atoms with Gasteiger partial charge in [0.1, 0.15) is 5.82 Å². The lowest BCUT2D eigenvalue weighted by Crippen LogP contribution is -2.13. The van der Waals surface area contributed by atoms with E-state index in [1.165, 1.54) is 12.1 Å². The van der Waals surface area contributed by atoms with Crippen LogP contribution in [-0.2, 0) is 0 Å². The molecule has 0 aliphatic carbocycles. The van der Waals surface area contributed by atoms with Crippen LogP contribution in [0.2, 0.25) is 0 Å². The van der Waals surface area contributed by atoms with Gasteiger partial charge in [0.05, 0.1) is 17.3 Å². The third kappa shape index (κ3) is 3.15. The van der Waals surface area contributed by atoms with E-state index in [4.69, 9.17) is 5.26 Å². The summed E-state index contributed by atoms with van der Waals surface area (Å²) in [5.41, 5.74) is 2.63. The van der Waals surface area contributed by atoms with E-state index in [0.29, 0.717) is 16.9 Å². The molecule has 1 heterocycles. The molecule has 0 radical (unpaired) electrons. The third-order valence-electron chi connectivity index (χ3n) is 3.44. The molecule has 118 valence electrons. The smallest absolute Gasteiger partial charge is 0.276 e. The van der Waals surface area contributed by atoms with Crippen molar-refractivity contribution >= 4 is 11.6 Å². The van der Waals surface area contributed by atoms with Crippen LogP contribution in [0.15, 0.2) is 54.6 Å². The van der Waals surface area contributed by atoms with Crippen molar-refractivity contribution in [2.45, 2.75) is 6.92 Å². The molecule has 5 nitrogen and oxygen atoms in total. The number of nitrogens with zero attached hydrogens (tertiary/aromatic N) is 3. The highest BCUT2D eigenvalue weighted by Crippen LogP contribution is 2.15. The number of hydrogen-bond acceptors (Lipinski definition) is 3. The number of nitrogens with one attached hydrogen (secondary N) is 1. The van der Waals surface area contributed by atoms with Crippen LogP contribution in [0.1, 0.15) is 21.7 Å². The molecule has 1 aromatic heterocycles. The Hall–Kier alpha value is -3.46. The first kappa shape index (κ1) is 15.4. The number of carbonyl (C=O) groups excluding carboxylic acids is 1. The fraction of sp³-hybridized carbons (Fsp3) is 0.0556. The number of aryl methyl sites for hydroxylation is 1. The topological polar surface area (TPSA) is 70.7 Å². The van der Waals surface area contributed by atoms with Gasteiger partial charge < -0.3 is 5.32 Å². The van der Waals surface area contributed by atoms with E-state index in [9.17, 15) is 9.18 Å². The number of nitriles is 1. The van der Waals surface area contributed by atoms with E-state index in [1.807, 2.05) is 13.0 Å². The van der Waals surface area contributed by atoms with Gasteiger partial charge in [0.25, 0.3) is 5.91 Å². The van der Waals surface area contributed by atoms with Crippen molar-refractivity contribution in [2.24, 2.45) is 0 Å². The molecule has 0 saturated carbocycles. The van der Waals surface area contributed by atoms with Gasteiger partial charge in [-0.05, 0) is 55.5 Å². The fourth-order valence-corrected chi connectivity index (χ4v) is 2.29. The normalized spacial score (nSPS) is 10.2. The van der Waals surface area contributed by atoms with Crippen LogP contribution in [0.5, 0.6) is 0 Å². The third-order valence-corrected chi connectivity index (χ3v) is 3.44. The summed E-state index contributed by atoms with van der Waals surface area (Å²) < 4.78 is 14.6. The second-order valence-corrected chi connectivity index (χ2v) is 5.21. The summed E-state index contributed by atoms with van der Waals surface area (Å²) in [6.07, 6.45) is 0. The van der Waals surface area contributed by atoms with E-state index in [2.05, 4.69) is 10.4 Å². The van der Waals surface area contributed by atoms with Gasteiger partial charge in [-0.1, -0.05) is 6.07 Å². The monoisotopic (exact) mass is 320 g/mol. The standard InChI is InChI=1S/C18H13FN4O/c1-12-9-17(22-23(12)16-7-5-14(19)6-8-16)18(24)21-15-4-2-3-13(10-15)11-20/h2-10H,1H3,(H,21,24). The predicted octanol–water partition coefficient (Wildman–Crippen LogP) is 3.44. The lowest BCUT2D eigenvalue weighted by molar-refractivity contribution is 0.102. The van der Waals surface area contributed by atoms with Gasteiger partial charge >= 0.3 is 0 Å². The number of anilines is 1. The van der Waals surface area contributed by atoms with Crippen molar-refractivity contribution in [3.05, 3.63) is 77.4 Å². The molecule has 3 aromatic rings. The lowest BCUT2D eigenvalue weighted by atomic mass is 10.2. The molecule has 0 aliphatic heterocycles. The van der Waals surface area contributed by atoms with Gasteiger partial charge in [-0.2, -0.15) is 10.4 Å². The van der Waals surface area contributed by atoms with Crippen molar-refractivity contribution < 1.29 is 9.18 Å². The van der Waals surface area contributed by atoms with Gasteiger partial charge in [0.2, 0.25) is 0 Å². The average molecular weight is 320 g/mol. The van der Waals surface area contributed by atoms with Crippen LogP contribution < -0.4 is 5.32 Å². The average Bonchev–Trinajstić information content (AvgIpc) is 2.98. The molecule has 0 bridgehead atoms. The zero-order chi connectivity index (χ0) is 17.1. The van der Waals surface area contributed by atoms with Gasteiger partial charge in [-0.15, -0.1) is 0 Å². The van der Waals surface area contributed by atoms with Gasteiger partial charge in [-0.3, -0.25) is 4.79 Å². The maximum atomic E-state index is 13.0. The van der Waals surface area contributed by atoms with E-state index in [1.54, 1.807) is 47.1 Å². The molecule has 6 heteroatoms. The van der Waals surface area contributed by atoms with Crippen molar-refractivity contribution in [3.8, 4) is 11.8 Å². The zero-order valence-electron chi connectivity index (χ0n) is 12.8. The fourth-order valence-electron chi connectivity index (χ4n) is 2.29. The highest BCUT2D eigenvalue weighted by atomic mass is 19.1. The van der Waals surface area contributed by atoms with Gasteiger partial charge in [0.15, 0.2) is 5.69 Å². The van der Waals surface area contributed by atoms with Crippen LogP contribution in [0, 0.1) is 24.1 Å². The SMILES string of the molecule is Cc1cc(C(=O)Nc2cccc(C#N)c2)nn1-c1ccc(F)cc1. The van der Waals surface area contributed by atoms with Crippen LogP contribution in [-0.4, -0.2) is 15.7 Å². The Labute approximate surface area is 138 Å². The summed E-state index contributed by atoms with van der Waals surface area (Å²) >= 11 is 0. The summed E-state index contributed by atoms with van der Waals surface area (Å²) in [6.45, 7) is 1.81. The second-order valence-electron chi connectivity index (χ2n) is 5.21. The Kier molecular flexibility index (Phi) is 4.08. The van der Waals surface area contributed by atoms with Gasteiger partial charge in [-0.25, -0.2) is 9.07 Å². The summed E-state index contributed by atoms with van der Waals surface area (Å²) in [5, 5.41) is 15.9. The van der Waals surface area contributed by atoms with E-state index >= 15 is 0 Å². The number of aromatic nitrogens is 2. The number of hydrogen-bond donors (Lipinski definition) is 1. The summed E-state index contributed by atoms with van der Waals surface area (Å²) in [7, 11) is 0. The second kappa shape index (κ2) is 6.34. The number of rotatable bonds is 3. The molecule has 24 heavy (non-hydrogen) atoms. The Bertz CT molecular complexity index is 938. The highest BCUT2D eigenvalue weighted by Gasteiger charge is 2.14. The Balaban J connectivity index is 1.85. The molecular formula is C18H13FN4O. The Morgan fingerprint density at radius 2 is 1.96 bits per heavy atom. The molecule has 1 amide bonds. The number of amides is 1. The minimum atomic E-state index is -0.381. The zero-order valence-corrected chi connectivity index (χ0v) is 12.8. The van der Waals surface area contributed by atoms with Crippen LogP contribution >= 0.6 is 0 Å². The molecule has 1 N–H and O–H groups in total. The highest BCUT2D eigenvalue weighted by molar-refractivity contribution is 6.03. The maximum Gasteiger partial charge on any atom is 0.276 e. The minimum Gasteiger partial charge on any atom is -0.321 e. The quantitative estimate of drug-likeness (QED) is 0.803. The first-order chi connectivity index (χ1) is 11.6. The Morgan fingerprint density at radius 3 is 2.67 bits per heavy atom. The first-order valence-corrected chi connectivity index (χ1v) is 7.21. The van der Waals surface area contributed by atoms with E-state index in [-0.39, 0.29) is 17.4 Å². The molecule has 0 unspecified atom stereocenters. The summed E-state index contributed by atoms with van der Waals surface area (Å²) in [4.78, 5) is 12.3. The van der Waals surface area contributed by atoms with Crippen LogP contribution in [0.4, 0.5) is 10.1 Å². The molecule has 0 spiro atoms. The van der Waals surface area contributed by atoms with Crippen molar-refractivity contribution in [1.29, 1.82) is 5.26 Å². The van der Waals surface area contributed by atoms with Crippen molar-refractivity contribution in [3.63, 3.8) is 0 Å². The van der Waals surface area contributed by atoms with Gasteiger partial charge in [0, 0.05) is 11.4 Å². The number of benzene rings is 2. The largest absolute Gasteiger partial charge is 0.321 e. The van der Waals surface area contributed by atoms with Crippen LogP contribution in [0.25, 0.3) is 5.69 Å². The number of carbonyl (C=O) groups is 1. The van der Waals surface area contributed by atoms with Crippen molar-refractivity contribution in [2.75, 3.05) is 5.32 Å². The predicted molar refractivity (Wildman–Crippen MR) is 87.4 cm³/mol. The molecule has 2 aromatic carbocycles. The van der Waals surface area contributed by atoms with E-state index < -0.39 is 0 Å². The minimum absolute atomic E-state index is 0.235. The molecule has 0 aliphatic rings. The molecule has 0 atom stereocenters. The van der Waals surface area contributed by atoms with E-state index in [0.717, 1.165) is 5.69 Å². The Morgan fingerprint density at radius 1 is 1.21 bits per heavy atom. The molecular weight excluding hydrogens is 307 g/mol. The number of halogens is 1. The molecule has 0 saturated heterocycles. The maximum absolute atomic E-state index is 13.0.